The standard InChI is InChI=1S/C10H12FN/c11-9-6-7-12-10-5-3-1-2-4-8(9)10/h6-7H,1-5H2. The summed E-state index contributed by atoms with van der Waals surface area (Å²) in [6.45, 7) is 0. The molecule has 1 heterocycles. The van der Waals surface area contributed by atoms with Crippen LogP contribution < -0.4 is 0 Å². The van der Waals surface area contributed by atoms with Gasteiger partial charge in [0.05, 0.1) is 0 Å². The van der Waals surface area contributed by atoms with Crippen molar-refractivity contribution in [2.24, 2.45) is 0 Å². The van der Waals surface area contributed by atoms with Crippen LogP contribution in [0.4, 0.5) is 4.39 Å². The van der Waals surface area contributed by atoms with E-state index in [4.69, 9.17) is 0 Å². The molecule has 0 N–H and O–H groups in total. The van der Waals surface area contributed by atoms with Crippen molar-refractivity contribution < 1.29 is 4.39 Å². The van der Waals surface area contributed by atoms with E-state index in [0.29, 0.717) is 0 Å². The minimum Gasteiger partial charge on any atom is -0.261 e. The monoisotopic (exact) mass is 165 g/mol. The van der Waals surface area contributed by atoms with Gasteiger partial charge in [-0.25, -0.2) is 4.39 Å². The van der Waals surface area contributed by atoms with E-state index in [1.165, 1.54) is 12.5 Å². The lowest BCUT2D eigenvalue weighted by molar-refractivity contribution is 0.600. The maximum atomic E-state index is 13.2. The number of rotatable bonds is 0. The maximum absolute atomic E-state index is 13.2. The SMILES string of the molecule is Fc1ccnc2c1CCCCC2. The Morgan fingerprint density at radius 3 is 2.92 bits per heavy atom. The molecule has 0 unspecified atom stereocenters. The molecule has 0 atom stereocenters. The summed E-state index contributed by atoms with van der Waals surface area (Å²) in [5, 5.41) is 0. The molecule has 1 aromatic rings. The predicted octanol–water partition coefficient (Wildman–Crippen LogP) is 2.49. The normalized spacial score (nSPS) is 16.8. The Hall–Kier alpha value is -0.920. The van der Waals surface area contributed by atoms with Gasteiger partial charge in [0, 0.05) is 17.5 Å². The molecule has 2 heteroatoms. The van der Waals surface area contributed by atoms with Gasteiger partial charge in [-0.3, -0.25) is 4.98 Å². The summed E-state index contributed by atoms with van der Waals surface area (Å²) in [7, 11) is 0. The fourth-order valence-electron chi connectivity index (χ4n) is 1.76. The first kappa shape index (κ1) is 7.71. The summed E-state index contributed by atoms with van der Waals surface area (Å²) in [4.78, 5) is 4.20. The molecular formula is C10H12FN. The van der Waals surface area contributed by atoms with E-state index in [1.807, 2.05) is 0 Å². The Balaban J connectivity index is 2.42. The highest BCUT2D eigenvalue weighted by Crippen LogP contribution is 2.20. The molecule has 12 heavy (non-hydrogen) atoms. The van der Waals surface area contributed by atoms with Crippen LogP contribution in [0.25, 0.3) is 0 Å². The van der Waals surface area contributed by atoms with Crippen LogP contribution in [0, 0.1) is 5.82 Å². The van der Waals surface area contributed by atoms with Gasteiger partial charge in [-0.05, 0) is 31.7 Å². The smallest absolute Gasteiger partial charge is 0.129 e. The summed E-state index contributed by atoms with van der Waals surface area (Å²) < 4.78 is 13.2. The van der Waals surface area contributed by atoms with E-state index in [1.54, 1.807) is 6.20 Å². The summed E-state index contributed by atoms with van der Waals surface area (Å²) in [6, 6.07) is 1.46. The van der Waals surface area contributed by atoms with Crippen LogP contribution in [-0.4, -0.2) is 4.98 Å². The summed E-state index contributed by atoms with van der Waals surface area (Å²) in [6.07, 6.45) is 6.86. The van der Waals surface area contributed by atoms with Gasteiger partial charge in [0.15, 0.2) is 0 Å². The number of pyridine rings is 1. The summed E-state index contributed by atoms with van der Waals surface area (Å²) in [5.74, 6) is -0.0677. The van der Waals surface area contributed by atoms with Gasteiger partial charge in [-0.2, -0.15) is 0 Å². The molecule has 1 aromatic heterocycles. The molecule has 0 saturated carbocycles. The molecule has 0 radical (unpaired) electrons. The number of aromatic nitrogens is 1. The first-order valence-electron chi connectivity index (χ1n) is 4.50. The van der Waals surface area contributed by atoms with Crippen molar-refractivity contribution >= 4 is 0 Å². The second-order valence-corrected chi connectivity index (χ2v) is 3.28. The molecule has 1 nitrogen and oxygen atoms in total. The van der Waals surface area contributed by atoms with Gasteiger partial charge >= 0.3 is 0 Å². The number of aryl methyl sites for hydroxylation is 1. The highest BCUT2D eigenvalue weighted by Gasteiger charge is 2.12. The third kappa shape index (κ3) is 1.33. The lowest BCUT2D eigenvalue weighted by atomic mass is 10.1. The molecule has 0 saturated heterocycles. The van der Waals surface area contributed by atoms with Crippen molar-refractivity contribution in [2.45, 2.75) is 32.1 Å². The van der Waals surface area contributed by atoms with Crippen LogP contribution in [0.15, 0.2) is 12.3 Å². The van der Waals surface area contributed by atoms with Crippen LogP contribution in [0.5, 0.6) is 0 Å². The molecule has 1 aliphatic carbocycles. The minimum absolute atomic E-state index is 0.0677. The molecule has 1 aliphatic rings. The van der Waals surface area contributed by atoms with Crippen molar-refractivity contribution in [2.75, 3.05) is 0 Å². The van der Waals surface area contributed by atoms with Gasteiger partial charge in [-0.15, -0.1) is 0 Å². The van der Waals surface area contributed by atoms with E-state index in [2.05, 4.69) is 4.98 Å². The zero-order valence-corrected chi connectivity index (χ0v) is 7.02. The van der Waals surface area contributed by atoms with Crippen LogP contribution in [0.3, 0.4) is 0 Å². The molecule has 0 spiro atoms. The summed E-state index contributed by atoms with van der Waals surface area (Å²) >= 11 is 0. The molecule has 64 valence electrons. The Morgan fingerprint density at radius 1 is 1.17 bits per heavy atom. The van der Waals surface area contributed by atoms with Crippen LogP contribution in [0.2, 0.25) is 0 Å². The zero-order valence-electron chi connectivity index (χ0n) is 7.02. The predicted molar refractivity (Wildman–Crippen MR) is 45.5 cm³/mol. The maximum Gasteiger partial charge on any atom is 0.129 e. The van der Waals surface area contributed by atoms with Gasteiger partial charge in [-0.1, -0.05) is 6.42 Å². The lowest BCUT2D eigenvalue weighted by Crippen LogP contribution is -1.97. The molecule has 2 rings (SSSR count). The first-order valence-corrected chi connectivity index (χ1v) is 4.50. The van der Waals surface area contributed by atoms with E-state index in [-0.39, 0.29) is 5.82 Å². The van der Waals surface area contributed by atoms with Crippen molar-refractivity contribution in [1.29, 1.82) is 0 Å². The van der Waals surface area contributed by atoms with Crippen LogP contribution in [0.1, 0.15) is 30.5 Å². The fraction of sp³-hybridized carbons (Fsp3) is 0.500. The topological polar surface area (TPSA) is 12.9 Å². The number of nitrogens with zero attached hydrogens (tertiary/aromatic N) is 1. The Kier molecular flexibility index (Phi) is 2.07. The Labute approximate surface area is 71.6 Å². The quantitative estimate of drug-likeness (QED) is 0.538. The first-order chi connectivity index (χ1) is 5.88. The van der Waals surface area contributed by atoms with Crippen molar-refractivity contribution in [1.82, 2.24) is 4.98 Å². The number of halogens is 1. The third-order valence-electron chi connectivity index (χ3n) is 2.43. The average Bonchev–Trinajstić information content (AvgIpc) is 2.30. The molecule has 0 bridgehead atoms. The Bertz CT molecular complexity index is 283. The zero-order chi connectivity index (χ0) is 8.39. The number of hydrogen-bond donors (Lipinski definition) is 0. The van der Waals surface area contributed by atoms with Crippen molar-refractivity contribution in [3.8, 4) is 0 Å². The molecular weight excluding hydrogens is 153 g/mol. The van der Waals surface area contributed by atoms with Crippen molar-refractivity contribution in [3.63, 3.8) is 0 Å². The largest absolute Gasteiger partial charge is 0.261 e. The molecule has 0 aliphatic heterocycles. The van der Waals surface area contributed by atoms with E-state index in [0.717, 1.165) is 36.9 Å². The van der Waals surface area contributed by atoms with E-state index in [9.17, 15) is 4.39 Å². The van der Waals surface area contributed by atoms with Gasteiger partial charge in [0.25, 0.3) is 0 Å². The minimum atomic E-state index is -0.0677. The summed E-state index contributed by atoms with van der Waals surface area (Å²) in [5.41, 5.74) is 1.84. The second-order valence-electron chi connectivity index (χ2n) is 3.28. The fourth-order valence-corrected chi connectivity index (χ4v) is 1.76. The average molecular weight is 165 g/mol. The number of fused-ring (bicyclic) bond motifs is 1. The second kappa shape index (κ2) is 3.21. The van der Waals surface area contributed by atoms with E-state index < -0.39 is 0 Å². The lowest BCUT2D eigenvalue weighted by Gasteiger charge is -2.03. The molecule has 0 aromatic carbocycles. The van der Waals surface area contributed by atoms with Gasteiger partial charge in [0.1, 0.15) is 5.82 Å². The number of hydrogen-bond acceptors (Lipinski definition) is 1. The molecule has 0 amide bonds. The van der Waals surface area contributed by atoms with Gasteiger partial charge in [0.2, 0.25) is 0 Å². The molecule has 0 fully saturated rings. The highest BCUT2D eigenvalue weighted by atomic mass is 19.1. The highest BCUT2D eigenvalue weighted by molar-refractivity contribution is 5.22. The van der Waals surface area contributed by atoms with E-state index >= 15 is 0 Å². The third-order valence-corrected chi connectivity index (χ3v) is 2.43. The van der Waals surface area contributed by atoms with Gasteiger partial charge < -0.3 is 0 Å². The Morgan fingerprint density at radius 2 is 2.00 bits per heavy atom. The van der Waals surface area contributed by atoms with Crippen LogP contribution >= 0.6 is 0 Å². The van der Waals surface area contributed by atoms with Crippen molar-refractivity contribution in [3.05, 3.63) is 29.3 Å². The van der Waals surface area contributed by atoms with Crippen LogP contribution in [-0.2, 0) is 12.8 Å².